The van der Waals surface area contributed by atoms with Gasteiger partial charge in [0.05, 0.1) is 0 Å². The average molecular weight is 474 g/mol. The van der Waals surface area contributed by atoms with Crippen LogP contribution in [-0.4, -0.2) is 0 Å². The first-order valence-electron chi connectivity index (χ1n) is 9.82. The van der Waals surface area contributed by atoms with Gasteiger partial charge in [-0.25, -0.2) is 35.1 Å². The standard InChI is InChI=1S/C26H10F8/c27-15-7-5-11(9-17(15)29)19-13-3-1-2-4-14(13)20(12-6-8-16(28)18(30)10-12)22-21(19)23(31)25(33)26(34)24(22)32/h1-10H. The Labute approximate surface area is 186 Å². The molecule has 0 bridgehead atoms. The van der Waals surface area contributed by atoms with Crippen LogP contribution in [0.25, 0.3) is 43.8 Å². The minimum Gasteiger partial charge on any atom is -0.204 e. The molecule has 0 saturated carbocycles. The van der Waals surface area contributed by atoms with Crippen molar-refractivity contribution in [2.24, 2.45) is 0 Å². The maximum atomic E-state index is 15.2. The topological polar surface area (TPSA) is 0 Å². The van der Waals surface area contributed by atoms with Crippen molar-refractivity contribution >= 4 is 21.5 Å². The van der Waals surface area contributed by atoms with Crippen LogP contribution in [0.3, 0.4) is 0 Å². The number of rotatable bonds is 2. The predicted molar refractivity (Wildman–Crippen MR) is 112 cm³/mol. The molecule has 5 rings (SSSR count). The summed E-state index contributed by atoms with van der Waals surface area (Å²) >= 11 is 0. The maximum absolute atomic E-state index is 15.2. The van der Waals surface area contributed by atoms with Crippen LogP contribution in [0.15, 0.2) is 60.7 Å². The molecular formula is C26H10F8. The fraction of sp³-hybridized carbons (Fsp3) is 0. The first-order valence-corrected chi connectivity index (χ1v) is 9.82. The second-order valence-corrected chi connectivity index (χ2v) is 7.56. The summed E-state index contributed by atoms with van der Waals surface area (Å²) in [5.74, 6) is -12.8. The van der Waals surface area contributed by atoms with E-state index < -0.39 is 57.3 Å². The Morgan fingerprint density at radius 2 is 0.765 bits per heavy atom. The molecule has 0 atom stereocenters. The summed E-state index contributed by atoms with van der Waals surface area (Å²) in [6.07, 6.45) is 0. The van der Waals surface area contributed by atoms with Crippen LogP contribution in [0.1, 0.15) is 0 Å². The zero-order valence-corrected chi connectivity index (χ0v) is 16.8. The lowest BCUT2D eigenvalue weighted by Crippen LogP contribution is -2.03. The molecule has 5 aromatic rings. The van der Waals surface area contributed by atoms with Gasteiger partial charge < -0.3 is 0 Å². The van der Waals surface area contributed by atoms with E-state index in [-0.39, 0.29) is 33.0 Å². The number of hydrogen-bond donors (Lipinski definition) is 0. The molecule has 0 N–H and O–H groups in total. The van der Waals surface area contributed by atoms with E-state index in [1.165, 1.54) is 24.3 Å². The summed E-state index contributed by atoms with van der Waals surface area (Å²) in [5, 5.41) is -1.27. The molecule has 0 amide bonds. The minimum absolute atomic E-state index is 0.130. The van der Waals surface area contributed by atoms with Crippen molar-refractivity contribution in [1.82, 2.24) is 0 Å². The van der Waals surface area contributed by atoms with Gasteiger partial charge in [-0.2, -0.15) is 0 Å². The molecule has 0 spiro atoms. The fourth-order valence-corrected chi connectivity index (χ4v) is 4.19. The normalized spacial score (nSPS) is 11.5. The molecule has 0 aliphatic rings. The third kappa shape index (κ3) is 3.13. The molecule has 170 valence electrons. The van der Waals surface area contributed by atoms with E-state index in [1.807, 2.05) is 0 Å². The summed E-state index contributed by atoms with van der Waals surface area (Å²) in [4.78, 5) is 0. The molecule has 0 saturated heterocycles. The first-order chi connectivity index (χ1) is 16.2. The second-order valence-electron chi connectivity index (χ2n) is 7.56. The zero-order valence-electron chi connectivity index (χ0n) is 16.8. The largest absolute Gasteiger partial charge is 0.204 e. The van der Waals surface area contributed by atoms with E-state index >= 15 is 8.78 Å². The lowest BCUT2D eigenvalue weighted by molar-refractivity contribution is 0.418. The van der Waals surface area contributed by atoms with Gasteiger partial charge in [0.25, 0.3) is 0 Å². The summed E-state index contributed by atoms with van der Waals surface area (Å²) in [7, 11) is 0. The predicted octanol–water partition coefficient (Wildman–Crippen LogP) is 8.44. The van der Waals surface area contributed by atoms with Gasteiger partial charge in [0.2, 0.25) is 0 Å². The molecule has 0 nitrogen and oxygen atoms in total. The van der Waals surface area contributed by atoms with E-state index in [9.17, 15) is 26.3 Å². The molecule has 5 aromatic carbocycles. The van der Waals surface area contributed by atoms with Crippen LogP contribution >= 0.6 is 0 Å². The van der Waals surface area contributed by atoms with Gasteiger partial charge in [0.1, 0.15) is 0 Å². The van der Waals surface area contributed by atoms with Crippen molar-refractivity contribution in [2.75, 3.05) is 0 Å². The molecule has 0 aliphatic carbocycles. The smallest absolute Gasteiger partial charge is 0.198 e. The molecule has 0 fully saturated rings. The summed E-state index contributed by atoms with van der Waals surface area (Å²) in [5.41, 5.74) is -0.736. The van der Waals surface area contributed by atoms with Gasteiger partial charge in [-0.1, -0.05) is 36.4 Å². The number of hydrogen-bond acceptors (Lipinski definition) is 0. The lowest BCUT2D eigenvalue weighted by atomic mass is 9.85. The van der Waals surface area contributed by atoms with Gasteiger partial charge in [-0.15, -0.1) is 0 Å². The zero-order chi connectivity index (χ0) is 24.3. The van der Waals surface area contributed by atoms with Gasteiger partial charge >= 0.3 is 0 Å². The van der Waals surface area contributed by atoms with Crippen molar-refractivity contribution < 1.29 is 35.1 Å². The molecule has 0 heterocycles. The molecule has 0 radical (unpaired) electrons. The van der Waals surface area contributed by atoms with Crippen molar-refractivity contribution in [3.8, 4) is 22.3 Å². The van der Waals surface area contributed by atoms with Crippen LogP contribution in [0.5, 0.6) is 0 Å². The first kappa shape index (κ1) is 21.9. The molecular weight excluding hydrogens is 464 g/mol. The highest BCUT2D eigenvalue weighted by Gasteiger charge is 2.28. The Kier molecular flexibility index (Phi) is 5.04. The van der Waals surface area contributed by atoms with Crippen molar-refractivity contribution in [3.05, 3.63) is 107 Å². The second kappa shape index (κ2) is 7.83. The molecule has 34 heavy (non-hydrogen) atoms. The highest BCUT2D eigenvalue weighted by atomic mass is 19.2. The van der Waals surface area contributed by atoms with E-state index in [4.69, 9.17) is 0 Å². The average Bonchev–Trinajstić information content (AvgIpc) is 2.83. The quantitative estimate of drug-likeness (QED) is 0.104. The number of fused-ring (bicyclic) bond motifs is 2. The highest BCUT2D eigenvalue weighted by molar-refractivity contribution is 6.21. The van der Waals surface area contributed by atoms with Crippen molar-refractivity contribution in [2.45, 2.75) is 0 Å². The number of halogens is 8. The molecule has 8 heteroatoms. The Morgan fingerprint density at radius 1 is 0.382 bits per heavy atom. The maximum Gasteiger partial charge on any atom is 0.198 e. The van der Waals surface area contributed by atoms with Gasteiger partial charge in [-0.3, -0.25) is 0 Å². The summed E-state index contributed by atoms with van der Waals surface area (Å²) < 4.78 is 115. The number of benzene rings is 5. The van der Waals surface area contributed by atoms with Crippen LogP contribution < -0.4 is 0 Å². The van der Waals surface area contributed by atoms with Crippen molar-refractivity contribution in [3.63, 3.8) is 0 Å². The Morgan fingerprint density at radius 3 is 1.12 bits per heavy atom. The molecule has 0 aromatic heterocycles. The van der Waals surface area contributed by atoms with E-state index in [0.717, 1.165) is 24.3 Å². The van der Waals surface area contributed by atoms with Crippen LogP contribution in [0.2, 0.25) is 0 Å². The highest BCUT2D eigenvalue weighted by Crippen LogP contribution is 2.46. The summed E-state index contributed by atoms with van der Waals surface area (Å²) in [6, 6.07) is 10.9. The molecule has 0 unspecified atom stereocenters. The fourth-order valence-electron chi connectivity index (χ4n) is 4.19. The molecule has 0 aliphatic heterocycles. The van der Waals surface area contributed by atoms with Crippen LogP contribution in [-0.2, 0) is 0 Å². The SMILES string of the molecule is Fc1ccc(-c2c3ccccc3c(-c3ccc(F)c(F)c3)c3c(F)c(F)c(F)c(F)c23)cc1F. The van der Waals surface area contributed by atoms with E-state index in [0.29, 0.717) is 12.1 Å². The third-order valence-corrected chi connectivity index (χ3v) is 5.65. The van der Waals surface area contributed by atoms with Gasteiger partial charge in [0.15, 0.2) is 46.5 Å². The Hall–Kier alpha value is -3.94. The van der Waals surface area contributed by atoms with Crippen LogP contribution in [0.4, 0.5) is 35.1 Å². The van der Waals surface area contributed by atoms with Crippen molar-refractivity contribution in [1.29, 1.82) is 0 Å². The van der Waals surface area contributed by atoms with Gasteiger partial charge in [-0.05, 0) is 46.2 Å². The minimum atomic E-state index is -2.11. The Balaban J connectivity index is 2.10. The van der Waals surface area contributed by atoms with E-state index in [1.54, 1.807) is 0 Å². The third-order valence-electron chi connectivity index (χ3n) is 5.65. The Bertz CT molecular complexity index is 1520. The van der Waals surface area contributed by atoms with E-state index in [2.05, 4.69) is 0 Å². The van der Waals surface area contributed by atoms with Gasteiger partial charge in [0, 0.05) is 21.9 Å². The lowest BCUT2D eigenvalue weighted by Gasteiger charge is -2.19. The summed E-state index contributed by atoms with van der Waals surface area (Å²) in [6.45, 7) is 0. The van der Waals surface area contributed by atoms with Crippen LogP contribution in [0, 0.1) is 46.5 Å². The monoisotopic (exact) mass is 474 g/mol.